The van der Waals surface area contributed by atoms with Crippen LogP contribution in [0, 0.1) is 27.7 Å². The number of hydrogen-bond donors (Lipinski definition) is 1. The zero-order chi connectivity index (χ0) is 33.0. The summed E-state index contributed by atoms with van der Waals surface area (Å²) >= 11 is 0. The summed E-state index contributed by atoms with van der Waals surface area (Å²) < 4.78 is 0. The Labute approximate surface area is 346 Å². The van der Waals surface area contributed by atoms with Crippen molar-refractivity contribution < 1.29 is 49.7 Å². The van der Waals surface area contributed by atoms with E-state index in [1.165, 1.54) is 11.1 Å². The van der Waals surface area contributed by atoms with Crippen molar-refractivity contribution in [3.05, 3.63) is 172 Å². The van der Waals surface area contributed by atoms with Gasteiger partial charge in [-0.25, -0.2) is 5.95 Å². The number of carbonyl (C=O) groups is 2. The second-order valence-corrected chi connectivity index (χ2v) is 10.3. The Morgan fingerprint density at radius 1 is 0.620 bits per heavy atom. The number of carbonyl (C=O) groups excluding carboxylic acids is 1. The average Bonchev–Trinajstić information content (AvgIpc) is 3.02. The van der Waals surface area contributed by atoms with Crippen molar-refractivity contribution in [2.24, 2.45) is 0 Å². The number of aliphatic carboxylic acids is 1. The molecule has 1 N–H and O–H groups in total. The van der Waals surface area contributed by atoms with Gasteiger partial charge in [-0.05, 0) is 68.1 Å². The molecule has 0 atom stereocenters. The monoisotopic (exact) mass is 756 g/mol. The number of benzene rings is 3. The molecule has 3 aromatic carbocycles. The van der Waals surface area contributed by atoms with Gasteiger partial charge in [-0.1, -0.05) is 102 Å². The molecule has 0 aliphatic rings. The van der Waals surface area contributed by atoms with Gasteiger partial charge in [-0.3, -0.25) is 19.6 Å². The molecule has 7 nitrogen and oxygen atoms in total. The Bertz CT molecular complexity index is 1620. The molecular weight excluding hydrogens is 719 g/mol. The largest absolute Gasteiger partial charge is 2.00 e. The number of halogens is 3. The van der Waals surface area contributed by atoms with E-state index in [0.717, 1.165) is 28.3 Å². The van der Waals surface area contributed by atoms with E-state index in [4.69, 9.17) is 5.11 Å². The third-order valence-electron chi connectivity index (χ3n) is 6.12. The van der Waals surface area contributed by atoms with Crippen molar-refractivity contribution in [2.75, 3.05) is 0 Å². The summed E-state index contributed by atoms with van der Waals surface area (Å²) in [4.78, 5) is 29.9. The Morgan fingerprint density at radius 2 is 1.04 bits per heavy atom. The first kappa shape index (κ1) is 53.6. The fraction of sp³-hybridized carbons (Fsp3) is 0.158. The van der Waals surface area contributed by atoms with Gasteiger partial charge < -0.3 is 40.1 Å². The van der Waals surface area contributed by atoms with Crippen LogP contribution in [0.4, 0.5) is 0 Å². The number of hydrogen-bond acceptors (Lipinski definition) is 6. The number of aromatic nitrogens is 2. The molecule has 0 saturated carbocycles. The van der Waals surface area contributed by atoms with E-state index in [-0.39, 0.29) is 95.5 Å². The van der Waals surface area contributed by atoms with Crippen molar-refractivity contribution in [2.45, 2.75) is 40.5 Å². The molecule has 50 heavy (non-hydrogen) atoms. The van der Waals surface area contributed by atoms with Crippen LogP contribution < -0.4 is 35.0 Å². The van der Waals surface area contributed by atoms with Crippen LogP contribution in [0.5, 0.6) is 0 Å². The van der Waals surface area contributed by atoms with Crippen molar-refractivity contribution in [3.8, 4) is 0 Å². The minimum atomic E-state index is -1.16. The van der Waals surface area contributed by atoms with Gasteiger partial charge in [0.25, 0.3) is 0 Å². The van der Waals surface area contributed by atoms with E-state index in [2.05, 4.69) is 9.97 Å². The molecular formula is C38H39Cl3Mg2N2O5. The van der Waals surface area contributed by atoms with Crippen molar-refractivity contribution >= 4 is 76.3 Å². The Morgan fingerprint density at radius 3 is 1.38 bits per heavy atom. The molecule has 0 radical (unpaired) electrons. The van der Waals surface area contributed by atoms with E-state index < -0.39 is 11.9 Å². The number of nitrogens with zero attached hydrogens (tertiary/aromatic N) is 2. The van der Waals surface area contributed by atoms with Gasteiger partial charge in [0, 0.05) is 36.8 Å². The molecule has 5 rings (SSSR count). The summed E-state index contributed by atoms with van der Waals surface area (Å²) in [6.07, 6.45) is 8.50. The first-order valence-corrected chi connectivity index (χ1v) is 14.3. The van der Waals surface area contributed by atoms with Crippen LogP contribution in [0.25, 0.3) is 6.08 Å². The number of carboxylic acids is 1. The fourth-order valence-corrected chi connectivity index (χ4v) is 3.65. The van der Waals surface area contributed by atoms with Gasteiger partial charge >= 0.3 is 52.1 Å². The second-order valence-electron chi connectivity index (χ2n) is 10.3. The van der Waals surface area contributed by atoms with E-state index >= 15 is 0 Å². The van der Waals surface area contributed by atoms with Gasteiger partial charge in [-0.15, -0.1) is 12.4 Å². The minimum absolute atomic E-state index is 0. The van der Waals surface area contributed by atoms with Gasteiger partial charge in [0.15, 0.2) is 5.78 Å². The topological polar surface area (TPSA) is 126 Å². The number of rotatable bonds is 6. The summed E-state index contributed by atoms with van der Waals surface area (Å²) in [5.74, 6) is -1.83. The van der Waals surface area contributed by atoms with Crippen LogP contribution in [0.15, 0.2) is 128 Å². The number of pyridine rings is 2. The maximum Gasteiger partial charge on any atom is 2.00 e. The third-order valence-corrected chi connectivity index (χ3v) is 6.12. The molecule has 256 valence electrons. The fourth-order valence-electron chi connectivity index (χ4n) is 3.65. The Balaban J connectivity index is -0.000000282. The molecule has 0 fully saturated rings. The standard InChI is InChI=1S/C14H13NO.2C9H10O2.C6H7N.3ClH.2Mg/c1-11-4-6-12(7-5-11)9-14(16)13-3-2-8-15-10-13;2*1-7-2-4-8(5-3-7)6-9(10)11;1-6-3-2-4-7-5-6;;;;;/h2-8,10H,9H2,1H3;2-5H,6H2,1H3,(H,10,11);2-6,10-11H,1H3;2-5H,1H3;3*1H;;/q;;;;;;;2*+2/p-4. The third kappa shape index (κ3) is 24.9. The van der Waals surface area contributed by atoms with Crippen molar-refractivity contribution in [1.82, 2.24) is 9.97 Å². The number of aryl methyl sites for hydroxylation is 4. The molecule has 0 aliphatic heterocycles. The van der Waals surface area contributed by atoms with Crippen LogP contribution in [-0.4, -0.2) is 72.9 Å². The van der Waals surface area contributed by atoms with Crippen LogP contribution in [0.2, 0.25) is 0 Å². The number of carboxylic acid groups (broad SMARTS) is 1. The van der Waals surface area contributed by atoms with Gasteiger partial charge in [-0.2, -0.15) is 0 Å². The molecule has 0 amide bonds. The Kier molecular flexibility index (Phi) is 32.9. The zero-order valence-electron chi connectivity index (χ0n) is 28.6. The summed E-state index contributed by atoms with van der Waals surface area (Å²) in [5, 5.41) is 28.6. The first-order chi connectivity index (χ1) is 21.5. The maximum atomic E-state index is 11.9. The predicted octanol–water partition coefficient (Wildman–Crippen LogP) is -0.490. The molecule has 2 aromatic heterocycles. The summed E-state index contributed by atoms with van der Waals surface area (Å²) in [6, 6.07) is 30.2. The molecule has 5 aromatic rings. The van der Waals surface area contributed by atoms with E-state index in [1.807, 2.05) is 107 Å². The minimum Gasteiger partial charge on any atom is -1.00 e. The summed E-state index contributed by atoms with van der Waals surface area (Å²) in [7, 11) is 0. The molecule has 0 aliphatic carbocycles. The number of Topliss-reactive ketones (excluding diaryl/α,β-unsaturated/α-hetero) is 1. The molecule has 0 saturated heterocycles. The SMILES string of the molecule is Cc1ccc(C=C([O-])[O-])cc1.Cc1ccc(CC(=O)O)cc1.Cc1ccc(CC(=O)c2cccnc2)cc1.Cc1cccnc1.Cl.[Cl-].[Cl-].[Mg+2].[Mg+2]. The molecule has 12 heteroatoms. The summed E-state index contributed by atoms with van der Waals surface area (Å²) in [5.41, 5.74) is 7.90. The Hall–Kier alpha value is -3.16. The van der Waals surface area contributed by atoms with Gasteiger partial charge in [0.2, 0.25) is 0 Å². The second kappa shape index (κ2) is 30.6. The normalized spacial score (nSPS) is 8.56. The molecule has 2 heterocycles. The zero-order valence-corrected chi connectivity index (χ0v) is 33.7. The van der Waals surface area contributed by atoms with Crippen LogP contribution in [-0.2, 0) is 17.6 Å². The smallest absolute Gasteiger partial charge is 1.00 e. The van der Waals surface area contributed by atoms with Crippen LogP contribution in [0.1, 0.15) is 49.3 Å². The maximum absolute atomic E-state index is 11.9. The van der Waals surface area contributed by atoms with Crippen LogP contribution >= 0.6 is 12.4 Å². The first-order valence-electron chi connectivity index (χ1n) is 14.3. The predicted molar refractivity (Wildman–Crippen MR) is 193 cm³/mol. The summed E-state index contributed by atoms with van der Waals surface area (Å²) in [6.45, 7) is 7.98. The van der Waals surface area contributed by atoms with E-state index in [9.17, 15) is 19.8 Å². The number of ketones is 1. The van der Waals surface area contributed by atoms with Crippen LogP contribution in [0.3, 0.4) is 0 Å². The molecule has 0 unspecified atom stereocenters. The quantitative estimate of drug-likeness (QED) is 0.141. The van der Waals surface area contributed by atoms with E-state index in [1.54, 1.807) is 42.9 Å². The molecule has 0 spiro atoms. The average molecular weight is 759 g/mol. The van der Waals surface area contributed by atoms with E-state index in [0.29, 0.717) is 17.5 Å². The van der Waals surface area contributed by atoms with Crippen molar-refractivity contribution in [3.63, 3.8) is 0 Å². The molecule has 0 bridgehead atoms. The van der Waals surface area contributed by atoms with Gasteiger partial charge in [0.1, 0.15) is 0 Å². The van der Waals surface area contributed by atoms with Gasteiger partial charge in [0.05, 0.1) is 6.42 Å². The van der Waals surface area contributed by atoms with Crippen molar-refractivity contribution in [1.29, 1.82) is 0 Å².